The zero-order chi connectivity index (χ0) is 11.1. The van der Waals surface area contributed by atoms with Crippen molar-refractivity contribution in [2.75, 3.05) is 13.1 Å². The van der Waals surface area contributed by atoms with Gasteiger partial charge in [-0.2, -0.15) is 0 Å². The van der Waals surface area contributed by atoms with Crippen molar-refractivity contribution >= 4 is 5.91 Å². The summed E-state index contributed by atoms with van der Waals surface area (Å²) in [5.41, 5.74) is 0.886. The third-order valence-corrected chi connectivity index (χ3v) is 2.24. The molecule has 1 N–H and O–H groups in total. The molecule has 0 spiro atoms. The Kier molecular flexibility index (Phi) is 4.87. The molecule has 1 aromatic rings. The van der Waals surface area contributed by atoms with Crippen LogP contribution in [0.25, 0.3) is 0 Å². The minimum Gasteiger partial charge on any atom is -0.348 e. The summed E-state index contributed by atoms with van der Waals surface area (Å²) < 4.78 is 0. The van der Waals surface area contributed by atoms with Crippen LogP contribution in [0.2, 0.25) is 0 Å². The van der Waals surface area contributed by atoms with Gasteiger partial charge in [0.05, 0.1) is 12.7 Å². The first-order valence-corrected chi connectivity index (χ1v) is 5.53. The molecule has 1 heterocycles. The standard InChI is InChI=1S/C11H19N3O/c1-3-5-14(6-4-2)11(15)7-10-8-12-9-13-10/h8-9H,3-7H2,1-2H3,(H,12,13). The maximum atomic E-state index is 11.9. The molecular weight excluding hydrogens is 190 g/mol. The molecule has 1 aromatic heterocycles. The van der Waals surface area contributed by atoms with Gasteiger partial charge < -0.3 is 9.88 Å². The van der Waals surface area contributed by atoms with Gasteiger partial charge in [-0.1, -0.05) is 13.8 Å². The molecule has 0 fully saturated rings. The van der Waals surface area contributed by atoms with Crippen molar-refractivity contribution in [3.05, 3.63) is 18.2 Å². The smallest absolute Gasteiger partial charge is 0.228 e. The average molecular weight is 209 g/mol. The highest BCUT2D eigenvalue weighted by Crippen LogP contribution is 2.01. The van der Waals surface area contributed by atoms with Gasteiger partial charge in [-0.25, -0.2) is 4.98 Å². The number of aromatic amines is 1. The second-order valence-corrected chi connectivity index (χ2v) is 3.63. The van der Waals surface area contributed by atoms with E-state index in [2.05, 4.69) is 23.8 Å². The second-order valence-electron chi connectivity index (χ2n) is 3.63. The van der Waals surface area contributed by atoms with Crippen LogP contribution in [0.15, 0.2) is 12.5 Å². The van der Waals surface area contributed by atoms with Crippen molar-refractivity contribution in [2.45, 2.75) is 33.1 Å². The van der Waals surface area contributed by atoms with Crippen LogP contribution >= 0.6 is 0 Å². The van der Waals surface area contributed by atoms with Crippen LogP contribution < -0.4 is 0 Å². The van der Waals surface area contributed by atoms with Crippen molar-refractivity contribution in [1.29, 1.82) is 0 Å². The van der Waals surface area contributed by atoms with E-state index in [-0.39, 0.29) is 5.91 Å². The number of imidazole rings is 1. The van der Waals surface area contributed by atoms with Gasteiger partial charge >= 0.3 is 0 Å². The Balaban J connectivity index is 2.48. The molecule has 0 atom stereocenters. The number of aromatic nitrogens is 2. The topological polar surface area (TPSA) is 49.0 Å². The van der Waals surface area contributed by atoms with Gasteiger partial charge in [-0.15, -0.1) is 0 Å². The average Bonchev–Trinajstić information content (AvgIpc) is 2.70. The van der Waals surface area contributed by atoms with E-state index in [9.17, 15) is 4.79 Å². The van der Waals surface area contributed by atoms with Crippen LogP contribution in [0.4, 0.5) is 0 Å². The van der Waals surface area contributed by atoms with Crippen LogP contribution in [0.1, 0.15) is 32.4 Å². The van der Waals surface area contributed by atoms with Gasteiger partial charge in [0, 0.05) is 25.0 Å². The Labute approximate surface area is 90.7 Å². The summed E-state index contributed by atoms with van der Waals surface area (Å²) in [6.07, 6.45) is 5.75. The molecule has 4 nitrogen and oxygen atoms in total. The number of hydrogen-bond donors (Lipinski definition) is 1. The van der Waals surface area contributed by atoms with Crippen LogP contribution in [0.3, 0.4) is 0 Å². The normalized spacial score (nSPS) is 10.3. The van der Waals surface area contributed by atoms with Gasteiger partial charge in [0.25, 0.3) is 0 Å². The Bertz CT molecular complexity index is 276. The van der Waals surface area contributed by atoms with Crippen molar-refractivity contribution in [2.24, 2.45) is 0 Å². The van der Waals surface area contributed by atoms with E-state index in [0.717, 1.165) is 31.6 Å². The number of carbonyl (C=O) groups excluding carboxylic acids is 1. The molecule has 0 radical (unpaired) electrons. The molecular formula is C11H19N3O. The number of hydrogen-bond acceptors (Lipinski definition) is 2. The second kappa shape index (κ2) is 6.22. The fraction of sp³-hybridized carbons (Fsp3) is 0.636. The lowest BCUT2D eigenvalue weighted by Crippen LogP contribution is -2.33. The Hall–Kier alpha value is -1.32. The number of nitrogens with one attached hydrogen (secondary N) is 1. The van der Waals surface area contributed by atoms with Crippen LogP contribution in [0, 0.1) is 0 Å². The van der Waals surface area contributed by atoms with E-state index in [1.54, 1.807) is 12.5 Å². The molecule has 4 heteroatoms. The molecule has 84 valence electrons. The Morgan fingerprint density at radius 3 is 2.53 bits per heavy atom. The highest BCUT2D eigenvalue weighted by Gasteiger charge is 2.12. The van der Waals surface area contributed by atoms with E-state index < -0.39 is 0 Å². The SMILES string of the molecule is CCCN(CCC)C(=O)Cc1cnc[nH]1. The molecule has 0 saturated heterocycles. The molecule has 15 heavy (non-hydrogen) atoms. The monoisotopic (exact) mass is 209 g/mol. The first-order chi connectivity index (χ1) is 7.27. The molecule has 0 unspecified atom stereocenters. The maximum absolute atomic E-state index is 11.9. The van der Waals surface area contributed by atoms with E-state index in [1.165, 1.54) is 0 Å². The summed E-state index contributed by atoms with van der Waals surface area (Å²) in [5.74, 6) is 0.183. The van der Waals surface area contributed by atoms with Gasteiger partial charge in [-0.3, -0.25) is 4.79 Å². The van der Waals surface area contributed by atoms with Gasteiger partial charge in [-0.05, 0) is 12.8 Å². The summed E-state index contributed by atoms with van der Waals surface area (Å²) in [6.45, 7) is 5.87. The van der Waals surface area contributed by atoms with Crippen molar-refractivity contribution in [3.8, 4) is 0 Å². The summed E-state index contributed by atoms with van der Waals surface area (Å²) in [6, 6.07) is 0. The fourth-order valence-electron chi connectivity index (χ4n) is 1.56. The molecule has 0 aliphatic rings. The van der Waals surface area contributed by atoms with E-state index >= 15 is 0 Å². The predicted octanol–water partition coefficient (Wildman–Crippen LogP) is 1.60. The summed E-state index contributed by atoms with van der Waals surface area (Å²) in [7, 11) is 0. The molecule has 0 saturated carbocycles. The largest absolute Gasteiger partial charge is 0.348 e. The lowest BCUT2D eigenvalue weighted by molar-refractivity contribution is -0.130. The summed E-state index contributed by atoms with van der Waals surface area (Å²) in [5, 5.41) is 0. The lowest BCUT2D eigenvalue weighted by atomic mass is 10.2. The van der Waals surface area contributed by atoms with Crippen LogP contribution in [-0.2, 0) is 11.2 Å². The summed E-state index contributed by atoms with van der Waals surface area (Å²) in [4.78, 5) is 20.6. The maximum Gasteiger partial charge on any atom is 0.228 e. The number of amides is 1. The quantitative estimate of drug-likeness (QED) is 0.773. The summed E-state index contributed by atoms with van der Waals surface area (Å²) >= 11 is 0. The van der Waals surface area contributed by atoms with Crippen molar-refractivity contribution < 1.29 is 4.79 Å². The number of carbonyl (C=O) groups is 1. The minimum atomic E-state index is 0.183. The fourth-order valence-corrected chi connectivity index (χ4v) is 1.56. The van der Waals surface area contributed by atoms with Gasteiger partial charge in [0.2, 0.25) is 5.91 Å². The number of H-pyrrole nitrogens is 1. The molecule has 0 bridgehead atoms. The third kappa shape index (κ3) is 3.73. The van der Waals surface area contributed by atoms with Gasteiger partial charge in [0.1, 0.15) is 0 Å². The predicted molar refractivity (Wildman–Crippen MR) is 59.5 cm³/mol. The molecule has 0 aromatic carbocycles. The molecule has 1 amide bonds. The molecule has 1 rings (SSSR count). The first kappa shape index (κ1) is 11.8. The zero-order valence-electron chi connectivity index (χ0n) is 9.49. The van der Waals surface area contributed by atoms with Crippen molar-refractivity contribution in [1.82, 2.24) is 14.9 Å². The van der Waals surface area contributed by atoms with Gasteiger partial charge in [0.15, 0.2) is 0 Å². The molecule has 0 aliphatic carbocycles. The van der Waals surface area contributed by atoms with Crippen LogP contribution in [-0.4, -0.2) is 33.9 Å². The number of nitrogens with zero attached hydrogens (tertiary/aromatic N) is 2. The highest BCUT2D eigenvalue weighted by atomic mass is 16.2. The van der Waals surface area contributed by atoms with E-state index in [4.69, 9.17) is 0 Å². The Morgan fingerprint density at radius 2 is 2.07 bits per heavy atom. The highest BCUT2D eigenvalue weighted by molar-refractivity contribution is 5.78. The lowest BCUT2D eigenvalue weighted by Gasteiger charge is -2.20. The van der Waals surface area contributed by atoms with E-state index in [0.29, 0.717) is 6.42 Å². The minimum absolute atomic E-state index is 0.183. The molecule has 0 aliphatic heterocycles. The Morgan fingerprint density at radius 1 is 1.40 bits per heavy atom. The first-order valence-electron chi connectivity index (χ1n) is 5.53. The van der Waals surface area contributed by atoms with Crippen LogP contribution in [0.5, 0.6) is 0 Å². The number of rotatable bonds is 6. The van der Waals surface area contributed by atoms with Crippen molar-refractivity contribution in [3.63, 3.8) is 0 Å². The van der Waals surface area contributed by atoms with E-state index in [1.807, 2.05) is 4.90 Å². The third-order valence-electron chi connectivity index (χ3n) is 2.24. The zero-order valence-corrected chi connectivity index (χ0v) is 9.49.